The second kappa shape index (κ2) is 2.13. The molecule has 1 aliphatic carbocycles. The summed E-state index contributed by atoms with van der Waals surface area (Å²) >= 11 is 0. The van der Waals surface area contributed by atoms with Gasteiger partial charge in [-0.3, -0.25) is 9.63 Å². The Kier molecular flexibility index (Phi) is 1.48. The fourth-order valence-electron chi connectivity index (χ4n) is 0.500. The molecule has 1 saturated carbocycles. The molecule has 0 unspecified atom stereocenters. The Hall–Kier alpha value is -0.570. The second-order valence-corrected chi connectivity index (χ2v) is 1.88. The molecule has 1 amide bonds. The van der Waals surface area contributed by atoms with Crippen LogP contribution < -0.4 is 5.48 Å². The Morgan fingerprint density at radius 3 is 2.75 bits per heavy atom. The molecule has 0 spiro atoms. The molecule has 8 heavy (non-hydrogen) atoms. The molecule has 0 aliphatic heterocycles. The van der Waals surface area contributed by atoms with Crippen molar-refractivity contribution in [3.63, 3.8) is 0 Å². The highest BCUT2D eigenvalue weighted by Crippen LogP contribution is 2.28. The molecule has 0 aromatic carbocycles. The molecule has 1 N–H and O–H groups in total. The highest BCUT2D eigenvalue weighted by atomic mass is 16.6. The van der Waals surface area contributed by atoms with E-state index < -0.39 is 0 Å². The number of hydrogen-bond donors (Lipinski definition) is 1. The zero-order chi connectivity index (χ0) is 5.98. The lowest BCUT2D eigenvalue weighted by molar-refractivity contribution is -0.131. The van der Waals surface area contributed by atoms with Gasteiger partial charge in [0.2, 0.25) is 5.91 Å². The van der Waals surface area contributed by atoms with Crippen LogP contribution in [0.15, 0.2) is 0 Å². The van der Waals surface area contributed by atoms with E-state index in [9.17, 15) is 4.79 Å². The molecule has 1 aliphatic rings. The van der Waals surface area contributed by atoms with Crippen LogP contribution in [0.25, 0.3) is 0 Å². The number of carbonyl (C=O) groups excluding carboxylic acids is 1. The third-order valence-electron chi connectivity index (χ3n) is 1.12. The second-order valence-electron chi connectivity index (χ2n) is 1.88. The summed E-state index contributed by atoms with van der Waals surface area (Å²) < 4.78 is 0. The van der Waals surface area contributed by atoms with E-state index in [2.05, 4.69) is 17.4 Å². The van der Waals surface area contributed by atoms with Crippen molar-refractivity contribution in [3.8, 4) is 0 Å². The van der Waals surface area contributed by atoms with Gasteiger partial charge in [-0.05, 0) is 12.8 Å². The number of amides is 1. The van der Waals surface area contributed by atoms with E-state index in [0.717, 1.165) is 12.8 Å². The predicted octanol–water partition coefficient (Wildman–Crippen LogP) is 0.236. The van der Waals surface area contributed by atoms with Gasteiger partial charge in [-0.25, -0.2) is 5.48 Å². The van der Waals surface area contributed by atoms with Crippen LogP contribution in [0.3, 0.4) is 0 Å². The molecule has 3 heteroatoms. The Balaban J connectivity index is 2.13. The molecule has 0 aromatic rings. The molecular formula is C5H8NO2. The largest absolute Gasteiger partial charge is 0.273 e. The van der Waals surface area contributed by atoms with E-state index in [-0.39, 0.29) is 11.8 Å². The SMILES string of the molecule is [CH2]ONC(=O)C1CC1. The quantitative estimate of drug-likeness (QED) is 0.522. The third kappa shape index (κ3) is 1.20. The van der Waals surface area contributed by atoms with Crippen LogP contribution in [0.5, 0.6) is 0 Å². The van der Waals surface area contributed by atoms with E-state index >= 15 is 0 Å². The van der Waals surface area contributed by atoms with Crippen molar-refractivity contribution in [1.29, 1.82) is 0 Å². The van der Waals surface area contributed by atoms with Gasteiger partial charge in [0.25, 0.3) is 0 Å². The van der Waals surface area contributed by atoms with Crippen molar-refractivity contribution in [1.82, 2.24) is 5.48 Å². The van der Waals surface area contributed by atoms with Crippen molar-refractivity contribution in [3.05, 3.63) is 7.11 Å². The Morgan fingerprint density at radius 1 is 1.75 bits per heavy atom. The lowest BCUT2D eigenvalue weighted by Gasteiger charge is -1.95. The van der Waals surface area contributed by atoms with Crippen LogP contribution in [-0.2, 0) is 9.63 Å². The molecule has 0 aromatic heterocycles. The first-order chi connectivity index (χ1) is 3.84. The number of carbonyl (C=O) groups is 1. The van der Waals surface area contributed by atoms with Gasteiger partial charge in [0.1, 0.15) is 7.11 Å². The summed E-state index contributed by atoms with van der Waals surface area (Å²) in [6.45, 7) is 0. The summed E-state index contributed by atoms with van der Waals surface area (Å²) in [5.74, 6) is 0.164. The van der Waals surface area contributed by atoms with Crippen LogP contribution >= 0.6 is 0 Å². The first-order valence-corrected chi connectivity index (χ1v) is 2.55. The van der Waals surface area contributed by atoms with E-state index in [1.54, 1.807) is 0 Å². The standard InChI is InChI=1S/C5H8NO2/c1-8-6-5(7)4-2-3-4/h4H,1-3H2,(H,6,7). The zero-order valence-electron chi connectivity index (χ0n) is 4.52. The number of hydrogen-bond acceptors (Lipinski definition) is 2. The molecule has 1 fully saturated rings. The average molecular weight is 114 g/mol. The van der Waals surface area contributed by atoms with Gasteiger partial charge in [0, 0.05) is 5.92 Å². The van der Waals surface area contributed by atoms with E-state index in [4.69, 9.17) is 0 Å². The van der Waals surface area contributed by atoms with E-state index in [0.29, 0.717) is 0 Å². The Labute approximate surface area is 48.0 Å². The maximum Gasteiger partial charge on any atom is 0.246 e. The molecule has 1 rings (SSSR count). The third-order valence-corrected chi connectivity index (χ3v) is 1.12. The molecule has 1 radical (unpaired) electrons. The number of nitrogens with one attached hydrogen (secondary N) is 1. The minimum absolute atomic E-state index is 0.0417. The summed E-state index contributed by atoms with van der Waals surface area (Å²) in [6.07, 6.45) is 1.99. The van der Waals surface area contributed by atoms with Gasteiger partial charge in [0.05, 0.1) is 0 Å². The molecule has 0 bridgehead atoms. The van der Waals surface area contributed by atoms with Gasteiger partial charge in [0.15, 0.2) is 0 Å². The molecular weight excluding hydrogens is 106 g/mol. The number of hydroxylamine groups is 1. The van der Waals surface area contributed by atoms with E-state index in [1.165, 1.54) is 0 Å². The summed E-state index contributed by atoms with van der Waals surface area (Å²) in [5, 5.41) is 0. The molecule has 0 atom stereocenters. The lowest BCUT2D eigenvalue weighted by Crippen LogP contribution is -2.22. The predicted molar refractivity (Wildman–Crippen MR) is 27.3 cm³/mol. The molecule has 0 saturated heterocycles. The minimum Gasteiger partial charge on any atom is -0.273 e. The van der Waals surface area contributed by atoms with Crippen molar-refractivity contribution in [2.24, 2.45) is 5.92 Å². The van der Waals surface area contributed by atoms with Crippen LogP contribution in [0.2, 0.25) is 0 Å². The fraction of sp³-hybridized carbons (Fsp3) is 0.600. The zero-order valence-corrected chi connectivity index (χ0v) is 4.52. The van der Waals surface area contributed by atoms with Crippen molar-refractivity contribution in [2.45, 2.75) is 12.8 Å². The maximum absolute atomic E-state index is 10.5. The Bertz CT molecular complexity index is 98.6. The van der Waals surface area contributed by atoms with Gasteiger partial charge in [-0.1, -0.05) is 0 Å². The van der Waals surface area contributed by atoms with Crippen LogP contribution in [0.1, 0.15) is 12.8 Å². The summed E-state index contributed by atoms with van der Waals surface area (Å²) in [5.41, 5.74) is 2.16. The normalized spacial score (nSPS) is 18.1. The highest BCUT2D eigenvalue weighted by Gasteiger charge is 2.29. The van der Waals surface area contributed by atoms with Crippen LogP contribution in [0.4, 0.5) is 0 Å². The fourth-order valence-corrected chi connectivity index (χ4v) is 0.500. The first kappa shape index (κ1) is 5.56. The maximum atomic E-state index is 10.5. The summed E-state index contributed by atoms with van der Waals surface area (Å²) in [4.78, 5) is 14.7. The van der Waals surface area contributed by atoms with Gasteiger partial charge in [-0.15, -0.1) is 0 Å². The lowest BCUT2D eigenvalue weighted by atomic mass is 10.4. The van der Waals surface area contributed by atoms with Gasteiger partial charge >= 0.3 is 0 Å². The number of rotatable bonds is 2. The topological polar surface area (TPSA) is 38.3 Å². The van der Waals surface area contributed by atoms with Gasteiger partial charge in [-0.2, -0.15) is 0 Å². The molecule has 0 heterocycles. The average Bonchev–Trinajstić information content (AvgIpc) is 2.45. The summed E-state index contributed by atoms with van der Waals surface area (Å²) in [7, 11) is 3.00. The summed E-state index contributed by atoms with van der Waals surface area (Å²) in [6, 6.07) is 0. The monoisotopic (exact) mass is 114 g/mol. The molecule has 3 nitrogen and oxygen atoms in total. The van der Waals surface area contributed by atoms with Gasteiger partial charge < -0.3 is 0 Å². The molecule has 45 valence electrons. The van der Waals surface area contributed by atoms with Crippen LogP contribution in [-0.4, -0.2) is 5.91 Å². The van der Waals surface area contributed by atoms with Crippen molar-refractivity contribution >= 4 is 5.91 Å². The van der Waals surface area contributed by atoms with Crippen LogP contribution in [0, 0.1) is 13.0 Å². The van der Waals surface area contributed by atoms with Crippen molar-refractivity contribution in [2.75, 3.05) is 0 Å². The first-order valence-electron chi connectivity index (χ1n) is 2.55. The van der Waals surface area contributed by atoms with E-state index in [1.807, 2.05) is 0 Å². The smallest absolute Gasteiger partial charge is 0.246 e. The highest BCUT2D eigenvalue weighted by molar-refractivity contribution is 5.79. The minimum atomic E-state index is -0.0417. The van der Waals surface area contributed by atoms with Crippen molar-refractivity contribution < 1.29 is 9.63 Å². The Morgan fingerprint density at radius 2 is 2.38 bits per heavy atom.